The summed E-state index contributed by atoms with van der Waals surface area (Å²) in [5.41, 5.74) is 4.59. The van der Waals surface area contributed by atoms with Crippen LogP contribution >= 0.6 is 0 Å². The number of aryl methyl sites for hydroxylation is 2. The van der Waals surface area contributed by atoms with Gasteiger partial charge in [-0.1, -0.05) is 25.1 Å². The molecule has 0 fully saturated rings. The summed E-state index contributed by atoms with van der Waals surface area (Å²) in [6, 6.07) is 6.57. The lowest BCUT2D eigenvalue weighted by atomic mass is 9.93. The van der Waals surface area contributed by atoms with Gasteiger partial charge in [-0.05, 0) is 70.2 Å². The Bertz CT molecular complexity index is 340. The van der Waals surface area contributed by atoms with Crippen LogP contribution in [0.25, 0.3) is 0 Å². The normalized spacial score (nSPS) is 13.8. The van der Waals surface area contributed by atoms with E-state index in [4.69, 9.17) is 0 Å². The molecule has 0 heterocycles. The molecule has 0 amide bonds. The summed E-state index contributed by atoms with van der Waals surface area (Å²) in [6.07, 6.45) is 1.17. The summed E-state index contributed by atoms with van der Waals surface area (Å²) in [5.74, 6) is 0.675. The highest BCUT2D eigenvalue weighted by Crippen LogP contribution is 2.17. The third kappa shape index (κ3) is 4.91. The Morgan fingerprint density at radius 3 is 2.12 bits per heavy atom. The third-order valence-electron chi connectivity index (χ3n) is 3.18. The van der Waals surface area contributed by atoms with E-state index in [-0.39, 0.29) is 5.54 Å². The molecule has 0 saturated carbocycles. The second-order valence-electron chi connectivity index (χ2n) is 6.31. The molecule has 1 rings (SSSR count). The molecule has 0 radical (unpaired) electrons. The van der Waals surface area contributed by atoms with E-state index in [9.17, 15) is 0 Å². The maximum absolute atomic E-state index is 3.58. The number of nitrogens with one attached hydrogen (secondary N) is 1. The molecular formula is C16H27N. The predicted molar refractivity (Wildman–Crippen MR) is 76.5 cm³/mol. The van der Waals surface area contributed by atoms with E-state index in [0.29, 0.717) is 5.92 Å². The lowest BCUT2D eigenvalue weighted by Crippen LogP contribution is -2.39. The van der Waals surface area contributed by atoms with Crippen molar-refractivity contribution in [3.63, 3.8) is 0 Å². The smallest absolute Gasteiger partial charge is 0.00966 e. The van der Waals surface area contributed by atoms with Crippen molar-refractivity contribution in [2.75, 3.05) is 6.54 Å². The molecule has 1 N–H and O–H groups in total. The van der Waals surface area contributed by atoms with E-state index < -0.39 is 0 Å². The Morgan fingerprint density at radius 2 is 1.65 bits per heavy atom. The Labute approximate surface area is 107 Å². The van der Waals surface area contributed by atoms with Crippen LogP contribution in [0.5, 0.6) is 0 Å². The van der Waals surface area contributed by atoms with E-state index in [1.54, 1.807) is 0 Å². The largest absolute Gasteiger partial charge is 0.312 e. The van der Waals surface area contributed by atoms with E-state index in [2.05, 4.69) is 65.1 Å². The first kappa shape index (κ1) is 14.2. The molecule has 0 aliphatic rings. The number of hydrogen-bond donors (Lipinski definition) is 1. The lowest BCUT2D eigenvalue weighted by molar-refractivity contribution is 0.381. The Kier molecular flexibility index (Phi) is 4.76. The van der Waals surface area contributed by atoms with E-state index in [1.165, 1.54) is 23.1 Å². The number of benzene rings is 1. The van der Waals surface area contributed by atoms with Crippen LogP contribution in [0, 0.1) is 19.8 Å². The van der Waals surface area contributed by atoms with Crippen molar-refractivity contribution in [3.05, 3.63) is 34.9 Å². The van der Waals surface area contributed by atoms with Gasteiger partial charge in [0.25, 0.3) is 0 Å². The van der Waals surface area contributed by atoms with Gasteiger partial charge in [0.05, 0.1) is 0 Å². The van der Waals surface area contributed by atoms with E-state index in [1.807, 2.05) is 0 Å². The number of hydrogen-bond acceptors (Lipinski definition) is 1. The van der Waals surface area contributed by atoms with Crippen molar-refractivity contribution in [2.24, 2.45) is 5.92 Å². The van der Waals surface area contributed by atoms with Crippen molar-refractivity contribution in [2.45, 2.75) is 53.5 Å². The molecule has 1 nitrogen and oxygen atoms in total. The molecule has 1 atom stereocenters. The van der Waals surface area contributed by atoms with Crippen molar-refractivity contribution in [3.8, 4) is 0 Å². The van der Waals surface area contributed by atoms with Gasteiger partial charge in [-0.2, -0.15) is 0 Å². The van der Waals surface area contributed by atoms with Crippen LogP contribution in [0.1, 0.15) is 44.4 Å². The first-order valence-electron chi connectivity index (χ1n) is 6.59. The van der Waals surface area contributed by atoms with Crippen molar-refractivity contribution in [1.82, 2.24) is 5.32 Å². The highest BCUT2D eigenvalue weighted by molar-refractivity contribution is 5.33. The van der Waals surface area contributed by atoms with Crippen molar-refractivity contribution in [1.29, 1.82) is 0 Å². The molecular weight excluding hydrogens is 206 g/mol. The minimum atomic E-state index is 0.217. The first-order chi connectivity index (χ1) is 7.79. The monoisotopic (exact) mass is 233 g/mol. The molecule has 0 aromatic heterocycles. The maximum Gasteiger partial charge on any atom is 0.00966 e. The minimum Gasteiger partial charge on any atom is -0.312 e. The molecule has 1 aromatic rings. The highest BCUT2D eigenvalue weighted by atomic mass is 14.9. The topological polar surface area (TPSA) is 12.0 Å². The van der Waals surface area contributed by atoms with Crippen LogP contribution in [-0.4, -0.2) is 12.1 Å². The summed E-state index contributed by atoms with van der Waals surface area (Å²) in [6.45, 7) is 14.5. The standard InChI is InChI=1S/C16H27N/c1-12(11-17-16(4,5)6)10-15-13(2)8-7-9-14(15)3/h7-9,12,17H,10-11H2,1-6H3. The highest BCUT2D eigenvalue weighted by Gasteiger charge is 2.12. The van der Waals surface area contributed by atoms with Crippen LogP contribution in [0.2, 0.25) is 0 Å². The molecule has 0 aliphatic carbocycles. The summed E-state index contributed by atoms with van der Waals surface area (Å²) in [7, 11) is 0. The summed E-state index contributed by atoms with van der Waals surface area (Å²) in [4.78, 5) is 0. The first-order valence-corrected chi connectivity index (χ1v) is 6.59. The predicted octanol–water partition coefficient (Wildman–Crippen LogP) is 3.87. The van der Waals surface area contributed by atoms with Crippen LogP contribution in [0.4, 0.5) is 0 Å². The van der Waals surface area contributed by atoms with Crippen molar-refractivity contribution < 1.29 is 0 Å². The molecule has 0 saturated heterocycles. The Hall–Kier alpha value is -0.820. The van der Waals surface area contributed by atoms with Crippen molar-refractivity contribution >= 4 is 0 Å². The molecule has 17 heavy (non-hydrogen) atoms. The molecule has 1 aromatic carbocycles. The fourth-order valence-electron chi connectivity index (χ4n) is 2.07. The Balaban J connectivity index is 2.59. The van der Waals surface area contributed by atoms with Gasteiger partial charge in [0.2, 0.25) is 0 Å². The SMILES string of the molecule is Cc1cccc(C)c1CC(C)CNC(C)(C)C. The summed E-state index contributed by atoms with van der Waals surface area (Å²) >= 11 is 0. The van der Waals surface area contributed by atoms with Gasteiger partial charge >= 0.3 is 0 Å². The molecule has 1 unspecified atom stereocenters. The molecule has 96 valence electrons. The summed E-state index contributed by atoms with van der Waals surface area (Å²) < 4.78 is 0. The van der Waals surface area contributed by atoms with Crippen LogP contribution in [-0.2, 0) is 6.42 Å². The zero-order chi connectivity index (χ0) is 13.1. The van der Waals surface area contributed by atoms with Crippen LogP contribution < -0.4 is 5.32 Å². The van der Waals surface area contributed by atoms with E-state index in [0.717, 1.165) is 6.54 Å². The quantitative estimate of drug-likeness (QED) is 0.832. The zero-order valence-corrected chi connectivity index (χ0v) is 12.2. The van der Waals surface area contributed by atoms with Gasteiger partial charge in [-0.25, -0.2) is 0 Å². The average Bonchev–Trinajstić information content (AvgIpc) is 2.20. The van der Waals surface area contributed by atoms with E-state index >= 15 is 0 Å². The molecule has 0 bridgehead atoms. The fourth-order valence-corrected chi connectivity index (χ4v) is 2.07. The summed E-state index contributed by atoms with van der Waals surface area (Å²) in [5, 5.41) is 3.58. The van der Waals surface area contributed by atoms with Crippen LogP contribution in [0.3, 0.4) is 0 Å². The number of rotatable bonds is 4. The van der Waals surface area contributed by atoms with Gasteiger partial charge in [0.15, 0.2) is 0 Å². The van der Waals surface area contributed by atoms with Gasteiger partial charge < -0.3 is 5.32 Å². The lowest BCUT2D eigenvalue weighted by Gasteiger charge is -2.24. The fraction of sp³-hybridized carbons (Fsp3) is 0.625. The molecule has 0 spiro atoms. The minimum absolute atomic E-state index is 0.217. The third-order valence-corrected chi connectivity index (χ3v) is 3.18. The van der Waals surface area contributed by atoms with Gasteiger partial charge in [-0.15, -0.1) is 0 Å². The molecule has 1 heteroatoms. The van der Waals surface area contributed by atoms with Crippen LogP contribution in [0.15, 0.2) is 18.2 Å². The molecule has 0 aliphatic heterocycles. The maximum atomic E-state index is 3.58. The average molecular weight is 233 g/mol. The van der Waals surface area contributed by atoms with Gasteiger partial charge in [0.1, 0.15) is 0 Å². The zero-order valence-electron chi connectivity index (χ0n) is 12.2. The van der Waals surface area contributed by atoms with Gasteiger partial charge in [-0.3, -0.25) is 0 Å². The Morgan fingerprint density at radius 1 is 1.12 bits per heavy atom. The second-order valence-corrected chi connectivity index (χ2v) is 6.31. The van der Waals surface area contributed by atoms with Gasteiger partial charge in [0, 0.05) is 5.54 Å². The second kappa shape index (κ2) is 5.68.